The molecule has 0 spiro atoms. The maximum absolute atomic E-state index is 12.6. The fraction of sp³-hybridized carbons (Fsp3) is 0.533. The number of hydrogen-bond donors (Lipinski definition) is 0. The Kier molecular flexibility index (Phi) is 2.91. The summed E-state index contributed by atoms with van der Waals surface area (Å²) in [6.45, 7) is 0. The smallest absolute Gasteiger partial charge is 0.294 e. The summed E-state index contributed by atoms with van der Waals surface area (Å²) < 4.78 is 37.9. The summed E-state index contributed by atoms with van der Waals surface area (Å²) >= 11 is 0. The molecule has 1 aromatic carbocycles. The number of ketones is 1. The maximum atomic E-state index is 12.6. The van der Waals surface area contributed by atoms with E-state index in [2.05, 4.69) is 0 Å². The predicted octanol–water partition coefficient (Wildman–Crippen LogP) is 4.32. The van der Waals surface area contributed by atoms with Crippen LogP contribution in [-0.4, -0.2) is 5.78 Å². The molecule has 2 aliphatic carbocycles. The Morgan fingerprint density at radius 1 is 1.16 bits per heavy atom. The molecule has 0 aliphatic heterocycles. The van der Waals surface area contributed by atoms with Crippen LogP contribution in [0, 0.1) is 17.8 Å². The van der Waals surface area contributed by atoms with Crippen molar-refractivity contribution in [2.24, 2.45) is 17.8 Å². The number of rotatable bonds is 2. The Hall–Kier alpha value is -1.32. The molecular weight excluding hydrogens is 253 g/mol. The van der Waals surface area contributed by atoms with Gasteiger partial charge in [-0.25, -0.2) is 0 Å². The van der Waals surface area contributed by atoms with Crippen LogP contribution in [0.5, 0.6) is 0 Å². The topological polar surface area (TPSA) is 17.1 Å². The molecule has 2 saturated carbocycles. The second kappa shape index (κ2) is 4.36. The molecule has 2 bridgehead atoms. The van der Waals surface area contributed by atoms with Gasteiger partial charge in [-0.1, -0.05) is 18.6 Å². The minimum Gasteiger partial charge on any atom is -0.294 e. The summed E-state index contributed by atoms with van der Waals surface area (Å²) in [5.74, 6) is 0.859. The van der Waals surface area contributed by atoms with E-state index < -0.39 is 11.7 Å². The fourth-order valence-electron chi connectivity index (χ4n) is 3.63. The number of carbonyl (C=O) groups excluding carboxylic acids is 1. The monoisotopic (exact) mass is 268 g/mol. The van der Waals surface area contributed by atoms with E-state index in [4.69, 9.17) is 0 Å². The molecule has 1 aromatic rings. The van der Waals surface area contributed by atoms with Crippen molar-refractivity contribution in [2.45, 2.75) is 31.9 Å². The van der Waals surface area contributed by atoms with E-state index in [1.54, 1.807) is 0 Å². The van der Waals surface area contributed by atoms with Crippen LogP contribution >= 0.6 is 0 Å². The predicted molar refractivity (Wildman–Crippen MR) is 64.7 cm³/mol. The maximum Gasteiger partial charge on any atom is 0.416 e. The zero-order valence-corrected chi connectivity index (χ0v) is 10.4. The van der Waals surface area contributed by atoms with Crippen LogP contribution in [0.3, 0.4) is 0 Å². The number of hydrogen-bond acceptors (Lipinski definition) is 1. The van der Waals surface area contributed by atoms with Crippen molar-refractivity contribution in [3.8, 4) is 0 Å². The highest BCUT2D eigenvalue weighted by Gasteiger charge is 2.43. The largest absolute Gasteiger partial charge is 0.416 e. The average molecular weight is 268 g/mol. The molecule has 3 unspecified atom stereocenters. The van der Waals surface area contributed by atoms with Crippen molar-refractivity contribution >= 4 is 5.78 Å². The summed E-state index contributed by atoms with van der Waals surface area (Å²) in [4.78, 5) is 12.3. The number of carbonyl (C=O) groups is 1. The van der Waals surface area contributed by atoms with Gasteiger partial charge in [0.15, 0.2) is 5.78 Å². The Bertz CT molecular complexity index is 506. The lowest BCUT2D eigenvalue weighted by atomic mass is 9.83. The van der Waals surface area contributed by atoms with Gasteiger partial charge in [0.25, 0.3) is 0 Å². The third-order valence-corrected chi connectivity index (χ3v) is 4.55. The summed E-state index contributed by atoms with van der Waals surface area (Å²) in [6.07, 6.45) is -0.211. The minimum absolute atomic E-state index is 0.0535. The molecule has 2 aliphatic rings. The fourth-order valence-corrected chi connectivity index (χ4v) is 3.63. The molecule has 0 amide bonds. The van der Waals surface area contributed by atoms with Crippen LogP contribution in [0.1, 0.15) is 41.6 Å². The number of halogens is 3. The van der Waals surface area contributed by atoms with E-state index in [9.17, 15) is 18.0 Å². The summed E-state index contributed by atoms with van der Waals surface area (Å²) in [7, 11) is 0. The number of fused-ring (bicyclic) bond motifs is 2. The van der Waals surface area contributed by atoms with Crippen molar-refractivity contribution in [3.63, 3.8) is 0 Å². The van der Waals surface area contributed by atoms with Gasteiger partial charge >= 0.3 is 6.18 Å². The van der Waals surface area contributed by atoms with E-state index >= 15 is 0 Å². The first-order chi connectivity index (χ1) is 8.95. The van der Waals surface area contributed by atoms with Crippen molar-refractivity contribution < 1.29 is 18.0 Å². The lowest BCUT2D eigenvalue weighted by molar-refractivity contribution is -0.137. The van der Waals surface area contributed by atoms with E-state index in [-0.39, 0.29) is 17.3 Å². The SMILES string of the molecule is O=C(c1cccc(C(F)(F)F)c1)C1CC2CCC1C2. The average Bonchev–Trinajstić information content (AvgIpc) is 2.99. The molecule has 2 fully saturated rings. The first kappa shape index (κ1) is 12.7. The third kappa shape index (κ3) is 2.28. The van der Waals surface area contributed by atoms with Gasteiger partial charge in [-0.05, 0) is 43.2 Å². The summed E-state index contributed by atoms with van der Waals surface area (Å²) in [5.41, 5.74) is -0.520. The highest BCUT2D eigenvalue weighted by atomic mass is 19.4. The van der Waals surface area contributed by atoms with Crippen LogP contribution in [0.25, 0.3) is 0 Å². The van der Waals surface area contributed by atoms with Gasteiger partial charge in [-0.15, -0.1) is 0 Å². The summed E-state index contributed by atoms with van der Waals surface area (Å²) in [5, 5.41) is 0. The van der Waals surface area contributed by atoms with Gasteiger partial charge in [-0.2, -0.15) is 13.2 Å². The number of Topliss-reactive ketones (excluding diaryl/α,β-unsaturated/α-hetero) is 1. The molecule has 0 heterocycles. The van der Waals surface area contributed by atoms with Gasteiger partial charge in [0, 0.05) is 11.5 Å². The van der Waals surface area contributed by atoms with Gasteiger partial charge in [0.05, 0.1) is 5.56 Å². The second-order valence-corrected chi connectivity index (χ2v) is 5.72. The molecule has 19 heavy (non-hydrogen) atoms. The van der Waals surface area contributed by atoms with Crippen molar-refractivity contribution in [1.82, 2.24) is 0 Å². The van der Waals surface area contributed by atoms with Crippen LogP contribution in [-0.2, 0) is 6.18 Å². The van der Waals surface area contributed by atoms with Gasteiger partial charge in [-0.3, -0.25) is 4.79 Å². The number of alkyl halides is 3. The standard InChI is InChI=1S/C15H15F3O/c16-15(17,18)12-3-1-2-11(8-12)14(19)13-7-9-4-5-10(13)6-9/h1-3,8-10,13H,4-7H2. The molecular formula is C15H15F3O. The lowest BCUT2D eigenvalue weighted by Gasteiger charge is -2.20. The van der Waals surface area contributed by atoms with Crippen LogP contribution in [0.4, 0.5) is 13.2 Å². The van der Waals surface area contributed by atoms with E-state index in [0.29, 0.717) is 11.8 Å². The number of benzene rings is 1. The first-order valence-corrected chi connectivity index (χ1v) is 6.66. The highest BCUT2D eigenvalue weighted by molar-refractivity contribution is 5.98. The first-order valence-electron chi connectivity index (χ1n) is 6.66. The Labute approximate surface area is 109 Å². The Morgan fingerprint density at radius 3 is 2.53 bits per heavy atom. The van der Waals surface area contributed by atoms with E-state index in [1.807, 2.05) is 0 Å². The van der Waals surface area contributed by atoms with Gasteiger partial charge in [0.1, 0.15) is 0 Å². The molecule has 0 aromatic heterocycles. The zero-order valence-electron chi connectivity index (χ0n) is 10.4. The molecule has 3 atom stereocenters. The molecule has 4 heteroatoms. The van der Waals surface area contributed by atoms with Crippen LogP contribution in [0.2, 0.25) is 0 Å². The van der Waals surface area contributed by atoms with Gasteiger partial charge in [0.2, 0.25) is 0 Å². The Morgan fingerprint density at radius 2 is 1.95 bits per heavy atom. The van der Waals surface area contributed by atoms with Crippen molar-refractivity contribution in [1.29, 1.82) is 0 Å². The van der Waals surface area contributed by atoms with E-state index in [1.165, 1.54) is 18.6 Å². The molecule has 1 nitrogen and oxygen atoms in total. The van der Waals surface area contributed by atoms with E-state index in [0.717, 1.165) is 31.4 Å². The van der Waals surface area contributed by atoms with Crippen molar-refractivity contribution in [3.05, 3.63) is 35.4 Å². The highest BCUT2D eigenvalue weighted by Crippen LogP contribution is 2.49. The molecule has 0 N–H and O–H groups in total. The minimum atomic E-state index is -4.38. The van der Waals surface area contributed by atoms with Crippen LogP contribution in [0.15, 0.2) is 24.3 Å². The zero-order chi connectivity index (χ0) is 13.6. The van der Waals surface area contributed by atoms with Crippen molar-refractivity contribution in [2.75, 3.05) is 0 Å². The lowest BCUT2D eigenvalue weighted by Crippen LogP contribution is -2.21. The third-order valence-electron chi connectivity index (χ3n) is 4.55. The molecule has 3 rings (SSSR count). The Balaban J connectivity index is 1.84. The quantitative estimate of drug-likeness (QED) is 0.730. The molecule has 0 saturated heterocycles. The molecule has 102 valence electrons. The van der Waals surface area contributed by atoms with Gasteiger partial charge < -0.3 is 0 Å². The normalized spacial score (nSPS) is 29.7. The second-order valence-electron chi connectivity index (χ2n) is 5.72. The van der Waals surface area contributed by atoms with Crippen LogP contribution < -0.4 is 0 Å². The summed E-state index contributed by atoms with van der Waals surface area (Å²) in [6, 6.07) is 4.83. The molecule has 0 radical (unpaired) electrons.